The Labute approximate surface area is 215 Å². The van der Waals surface area contributed by atoms with Crippen LogP contribution in [0.4, 0.5) is 0 Å². The smallest absolute Gasteiger partial charge is 0.336 e. The minimum absolute atomic E-state index is 0.0440. The predicted molar refractivity (Wildman–Crippen MR) is 127 cm³/mol. The minimum Gasteiger partial charge on any atom is -0.504 e. The topological polar surface area (TPSA) is 140 Å². The van der Waals surface area contributed by atoms with Gasteiger partial charge in [0.2, 0.25) is 12.1 Å². The van der Waals surface area contributed by atoms with Crippen molar-refractivity contribution in [3.8, 4) is 0 Å². The Morgan fingerprint density at radius 1 is 1.14 bits per heavy atom. The highest BCUT2D eigenvalue weighted by atomic mass is 16.6. The maximum Gasteiger partial charge on any atom is 0.336 e. The summed E-state index contributed by atoms with van der Waals surface area (Å²) in [5, 5.41) is 21.5. The lowest BCUT2D eigenvalue weighted by molar-refractivity contribution is -0.209. The zero-order valence-electron chi connectivity index (χ0n) is 22.0. The number of hydrogen-bond donors (Lipinski definition) is 2. The van der Waals surface area contributed by atoms with Crippen LogP contribution in [-0.4, -0.2) is 57.8 Å². The number of rotatable bonds is 2. The Hall–Kier alpha value is -2.52. The van der Waals surface area contributed by atoms with E-state index in [1.807, 2.05) is 13.8 Å². The van der Waals surface area contributed by atoms with Gasteiger partial charge in [0, 0.05) is 47.0 Å². The molecule has 9 heteroatoms. The van der Waals surface area contributed by atoms with E-state index in [1.165, 1.54) is 13.0 Å². The van der Waals surface area contributed by atoms with Crippen LogP contribution in [0.2, 0.25) is 0 Å². The number of epoxide rings is 1. The fourth-order valence-corrected chi connectivity index (χ4v) is 9.87. The molecule has 0 amide bonds. The molecule has 6 aliphatic rings. The number of carbonyl (C=O) groups is 4. The normalized spacial score (nSPS) is 49.4. The van der Waals surface area contributed by atoms with Crippen molar-refractivity contribution in [1.82, 2.24) is 0 Å². The van der Waals surface area contributed by atoms with Crippen LogP contribution in [0.15, 0.2) is 23.0 Å². The van der Waals surface area contributed by atoms with Crippen molar-refractivity contribution in [2.24, 2.45) is 33.5 Å². The van der Waals surface area contributed by atoms with E-state index in [4.69, 9.17) is 14.2 Å². The van der Waals surface area contributed by atoms with Gasteiger partial charge in [0.05, 0.1) is 11.5 Å². The first-order valence-electron chi connectivity index (χ1n) is 13.1. The van der Waals surface area contributed by atoms with Crippen LogP contribution in [0, 0.1) is 33.5 Å². The molecule has 4 aliphatic carbocycles. The van der Waals surface area contributed by atoms with Gasteiger partial charge in [-0.2, -0.15) is 0 Å². The second-order valence-corrected chi connectivity index (χ2v) is 13.0. The van der Waals surface area contributed by atoms with E-state index >= 15 is 0 Å². The number of allylic oxidation sites excluding steroid dienone is 2. The monoisotopic (exact) mass is 514 g/mol. The summed E-state index contributed by atoms with van der Waals surface area (Å²) in [5.41, 5.74) is -4.25. The number of aliphatic hydroxyl groups is 2. The maximum absolute atomic E-state index is 14.4. The molecule has 0 aromatic carbocycles. The molecule has 2 N–H and O–H groups in total. The van der Waals surface area contributed by atoms with Crippen LogP contribution >= 0.6 is 0 Å². The van der Waals surface area contributed by atoms with Gasteiger partial charge in [-0.05, 0) is 51.7 Å². The summed E-state index contributed by atoms with van der Waals surface area (Å²) < 4.78 is 17.4. The molecule has 6 rings (SSSR count). The number of aliphatic hydroxyl groups excluding tert-OH is 2. The molecular weight excluding hydrogens is 480 g/mol. The van der Waals surface area contributed by atoms with Crippen molar-refractivity contribution in [3.63, 3.8) is 0 Å². The Morgan fingerprint density at radius 2 is 1.81 bits per heavy atom. The van der Waals surface area contributed by atoms with E-state index < -0.39 is 75.0 Å². The lowest BCUT2D eigenvalue weighted by Crippen LogP contribution is -2.71. The summed E-state index contributed by atoms with van der Waals surface area (Å²) in [7, 11) is 0. The third-order valence-corrected chi connectivity index (χ3v) is 11.0. The van der Waals surface area contributed by atoms with Gasteiger partial charge < -0.3 is 24.4 Å². The van der Waals surface area contributed by atoms with Crippen LogP contribution < -0.4 is 0 Å². The zero-order valence-corrected chi connectivity index (χ0v) is 22.0. The SMILES string of the molecule is CC(=O)O[C@H]1C[C@@]2(C)[C@H](C3=C[C@H](O)OC3=O)C[C@H]3O[C@]32[C@]2(C)C(=O)C(O)=C3C(C)(C)C(=O)CC[C@]3(C)[C@@H]12. The average Bonchev–Trinajstić information content (AvgIpc) is 3.34. The van der Waals surface area contributed by atoms with Gasteiger partial charge in [0.15, 0.2) is 5.76 Å². The Kier molecular flexibility index (Phi) is 4.63. The molecule has 9 nitrogen and oxygen atoms in total. The van der Waals surface area contributed by atoms with Crippen molar-refractivity contribution in [2.45, 2.75) is 91.3 Å². The second kappa shape index (κ2) is 6.91. The van der Waals surface area contributed by atoms with Crippen LogP contribution in [0.25, 0.3) is 0 Å². The largest absolute Gasteiger partial charge is 0.504 e. The fourth-order valence-electron chi connectivity index (χ4n) is 9.87. The third-order valence-electron chi connectivity index (χ3n) is 11.0. The molecule has 0 aromatic heterocycles. The third kappa shape index (κ3) is 2.58. The van der Waals surface area contributed by atoms with Gasteiger partial charge in [-0.1, -0.05) is 13.8 Å². The van der Waals surface area contributed by atoms with E-state index in [-0.39, 0.29) is 18.3 Å². The molecule has 0 bridgehead atoms. The molecule has 1 saturated heterocycles. The predicted octanol–water partition coefficient (Wildman–Crippen LogP) is 2.70. The lowest BCUT2D eigenvalue weighted by Gasteiger charge is -2.65. The number of fused-ring (bicyclic) bond motifs is 3. The molecule has 200 valence electrons. The van der Waals surface area contributed by atoms with E-state index in [2.05, 4.69) is 0 Å². The molecule has 9 atom stereocenters. The first-order chi connectivity index (χ1) is 17.1. The number of ketones is 2. The zero-order chi connectivity index (χ0) is 27.1. The van der Waals surface area contributed by atoms with E-state index in [0.717, 1.165) is 0 Å². The highest BCUT2D eigenvalue weighted by Crippen LogP contribution is 2.81. The van der Waals surface area contributed by atoms with E-state index in [0.29, 0.717) is 30.4 Å². The average molecular weight is 515 g/mol. The number of hydrogen-bond acceptors (Lipinski definition) is 9. The molecule has 0 unspecified atom stereocenters. The molecule has 3 saturated carbocycles. The van der Waals surface area contributed by atoms with Crippen molar-refractivity contribution in [3.05, 3.63) is 23.0 Å². The van der Waals surface area contributed by atoms with Crippen molar-refractivity contribution in [2.75, 3.05) is 0 Å². The quantitative estimate of drug-likeness (QED) is 0.420. The summed E-state index contributed by atoms with van der Waals surface area (Å²) >= 11 is 0. The summed E-state index contributed by atoms with van der Waals surface area (Å²) in [6.45, 7) is 10.5. The molecule has 4 fully saturated rings. The first kappa shape index (κ1) is 24.8. The van der Waals surface area contributed by atoms with Crippen LogP contribution in [-0.2, 0) is 33.4 Å². The summed E-state index contributed by atoms with van der Waals surface area (Å²) in [4.78, 5) is 52.5. The molecule has 1 spiro atoms. The second-order valence-electron chi connectivity index (χ2n) is 13.0. The minimum atomic E-state index is -1.33. The Balaban J connectivity index is 1.59. The highest BCUT2D eigenvalue weighted by molar-refractivity contribution is 6.04. The highest BCUT2D eigenvalue weighted by Gasteiger charge is 2.89. The van der Waals surface area contributed by atoms with Gasteiger partial charge >= 0.3 is 11.9 Å². The number of esters is 2. The van der Waals surface area contributed by atoms with Gasteiger partial charge in [-0.3, -0.25) is 14.4 Å². The first-order valence-corrected chi connectivity index (χ1v) is 13.1. The van der Waals surface area contributed by atoms with Gasteiger partial charge in [0.1, 0.15) is 17.5 Å². The molecule has 0 radical (unpaired) electrons. The van der Waals surface area contributed by atoms with Crippen LogP contribution in [0.5, 0.6) is 0 Å². The maximum atomic E-state index is 14.4. The number of ether oxygens (including phenoxy) is 3. The summed E-state index contributed by atoms with van der Waals surface area (Å²) in [6.07, 6.45) is 0.424. The standard InChI is InChI=1S/C28H34O9/c1-12(29)35-15-11-26(5)14(13-9-18(31)36-23(13)34)10-17-28(26,37-17)27(6)20(15)25(4)8-7-16(30)24(2,3)21(25)19(32)22(27)33/h9,14-15,17-18,20,31-32H,7-8,10-11H2,1-6H3/t14-,15-,17+,18+,20+,25+,26-,27-,28+/m0/s1. The van der Waals surface area contributed by atoms with E-state index in [1.54, 1.807) is 20.8 Å². The van der Waals surface area contributed by atoms with Gasteiger partial charge in [-0.15, -0.1) is 0 Å². The Bertz CT molecular complexity index is 1240. The number of carbonyl (C=O) groups excluding carboxylic acids is 4. The summed E-state index contributed by atoms with van der Waals surface area (Å²) in [5.74, 6) is -3.00. The van der Waals surface area contributed by atoms with Crippen molar-refractivity contribution < 1.29 is 43.6 Å². The lowest BCUT2D eigenvalue weighted by atomic mass is 9.37. The number of cyclic esters (lactones) is 1. The van der Waals surface area contributed by atoms with Gasteiger partial charge in [-0.25, -0.2) is 4.79 Å². The number of Topliss-reactive ketones (excluding diaryl/α,β-unsaturated/α-hetero) is 2. The molecule has 37 heavy (non-hydrogen) atoms. The van der Waals surface area contributed by atoms with Crippen LogP contribution in [0.1, 0.15) is 67.2 Å². The van der Waals surface area contributed by atoms with Crippen LogP contribution in [0.3, 0.4) is 0 Å². The molecular formula is C28H34O9. The van der Waals surface area contributed by atoms with Gasteiger partial charge in [0.25, 0.3) is 0 Å². The van der Waals surface area contributed by atoms with Crippen molar-refractivity contribution in [1.29, 1.82) is 0 Å². The molecule has 0 aromatic rings. The fraction of sp³-hybridized carbons (Fsp3) is 0.714. The summed E-state index contributed by atoms with van der Waals surface area (Å²) in [6, 6.07) is 0. The molecule has 2 heterocycles. The molecule has 2 aliphatic heterocycles. The van der Waals surface area contributed by atoms with Crippen molar-refractivity contribution >= 4 is 23.5 Å². The van der Waals surface area contributed by atoms with E-state index in [9.17, 15) is 29.4 Å². The Morgan fingerprint density at radius 3 is 2.41 bits per heavy atom.